The molecule has 8 heavy (non-hydrogen) atoms. The Morgan fingerprint density at radius 1 is 1.50 bits per heavy atom. The van der Waals surface area contributed by atoms with Crippen LogP contribution in [0.4, 0.5) is 0 Å². The second kappa shape index (κ2) is 6.08. The second-order valence-electron chi connectivity index (χ2n) is 1.22. The first-order valence-electron chi connectivity index (χ1n) is 2.54. The van der Waals surface area contributed by atoms with Crippen LogP contribution in [0.25, 0.3) is 0 Å². The van der Waals surface area contributed by atoms with E-state index < -0.39 is 0 Å². The summed E-state index contributed by atoms with van der Waals surface area (Å²) in [4.78, 5) is 7.30. The molecule has 0 aliphatic heterocycles. The van der Waals surface area contributed by atoms with E-state index >= 15 is 0 Å². The van der Waals surface area contributed by atoms with Crippen LogP contribution in [0.15, 0.2) is 22.4 Å². The summed E-state index contributed by atoms with van der Waals surface area (Å²) in [6, 6.07) is 0. The summed E-state index contributed by atoms with van der Waals surface area (Å²) in [7, 11) is 0. The highest BCUT2D eigenvalue weighted by Gasteiger charge is 1.59. The monoisotopic (exact) mass is 110 g/mol. The van der Waals surface area contributed by atoms with Crippen molar-refractivity contribution in [3.63, 3.8) is 0 Å². The van der Waals surface area contributed by atoms with E-state index in [2.05, 4.69) is 16.7 Å². The smallest absolute Gasteiger partial charge is 0.0446 e. The van der Waals surface area contributed by atoms with Crippen LogP contribution >= 0.6 is 0 Å². The van der Waals surface area contributed by atoms with Gasteiger partial charge in [0, 0.05) is 18.6 Å². The first-order chi connectivity index (χ1) is 3.91. The van der Waals surface area contributed by atoms with Gasteiger partial charge in [-0.15, -0.1) is 0 Å². The zero-order valence-corrected chi connectivity index (χ0v) is 5.04. The van der Waals surface area contributed by atoms with Crippen LogP contribution in [0, 0.1) is 0 Å². The van der Waals surface area contributed by atoms with Gasteiger partial charge in [0.15, 0.2) is 0 Å². The summed E-state index contributed by atoms with van der Waals surface area (Å²) in [6.45, 7) is 5.27. The van der Waals surface area contributed by atoms with Gasteiger partial charge >= 0.3 is 0 Å². The number of hydrogen-bond donors (Lipinski definition) is 0. The van der Waals surface area contributed by atoms with Crippen molar-refractivity contribution in [3.8, 4) is 0 Å². The molecule has 0 fully saturated rings. The summed E-state index contributed by atoms with van der Waals surface area (Å²) in [5.41, 5.74) is 0. The fourth-order valence-corrected chi connectivity index (χ4v) is 0.252. The van der Waals surface area contributed by atoms with Crippen LogP contribution in [0.3, 0.4) is 0 Å². The Morgan fingerprint density at radius 2 is 2.25 bits per heavy atom. The van der Waals surface area contributed by atoms with Crippen molar-refractivity contribution in [2.45, 2.75) is 13.3 Å². The van der Waals surface area contributed by atoms with Gasteiger partial charge < -0.3 is 0 Å². The Kier molecular flexibility index (Phi) is 5.38. The molecule has 0 aromatic heterocycles. The summed E-state index contributed by atoms with van der Waals surface area (Å²) >= 11 is 0. The van der Waals surface area contributed by atoms with Crippen LogP contribution in [0.2, 0.25) is 0 Å². The van der Waals surface area contributed by atoms with Crippen LogP contribution in [0.1, 0.15) is 13.3 Å². The molecule has 0 unspecified atom stereocenters. The molecular weight excluding hydrogens is 100 g/mol. The second-order valence-corrected chi connectivity index (χ2v) is 1.22. The molecular formula is C6H10N2. The third-order valence-corrected chi connectivity index (χ3v) is 0.546. The summed E-state index contributed by atoms with van der Waals surface area (Å²) in [5.74, 6) is 0. The van der Waals surface area contributed by atoms with Gasteiger partial charge in [0.1, 0.15) is 0 Å². The van der Waals surface area contributed by atoms with E-state index in [0.717, 1.165) is 6.42 Å². The molecule has 0 bridgehead atoms. The van der Waals surface area contributed by atoms with Gasteiger partial charge in [0.2, 0.25) is 0 Å². The molecule has 2 nitrogen and oxygen atoms in total. The fraction of sp³-hybridized carbons (Fsp3) is 0.333. The van der Waals surface area contributed by atoms with Gasteiger partial charge in [-0.25, -0.2) is 0 Å². The van der Waals surface area contributed by atoms with Crippen molar-refractivity contribution in [1.82, 2.24) is 0 Å². The largest absolute Gasteiger partial charge is 0.271 e. The van der Waals surface area contributed by atoms with Gasteiger partial charge in [-0.2, -0.15) is 0 Å². The Labute approximate surface area is 49.7 Å². The molecule has 44 valence electrons. The van der Waals surface area contributed by atoms with E-state index in [-0.39, 0.29) is 0 Å². The molecule has 0 spiro atoms. The van der Waals surface area contributed by atoms with Crippen LogP contribution in [-0.4, -0.2) is 12.9 Å². The Balaban J connectivity index is 3.26. The molecule has 0 saturated carbocycles. The topological polar surface area (TPSA) is 24.7 Å². The number of hydrogen-bond acceptors (Lipinski definition) is 2. The molecule has 0 rings (SSSR count). The van der Waals surface area contributed by atoms with Crippen molar-refractivity contribution >= 4 is 12.9 Å². The molecule has 0 aromatic carbocycles. The molecule has 0 N–H and O–H groups in total. The molecule has 0 radical (unpaired) electrons. The highest BCUT2D eigenvalue weighted by Crippen LogP contribution is 1.74. The third kappa shape index (κ3) is 5.08. The lowest BCUT2D eigenvalue weighted by Crippen LogP contribution is -1.61. The first kappa shape index (κ1) is 7.08. The average Bonchev–Trinajstić information content (AvgIpc) is 1.81. The normalized spacial score (nSPS) is 11.1. The van der Waals surface area contributed by atoms with Crippen molar-refractivity contribution in [2.75, 3.05) is 0 Å². The highest BCUT2D eigenvalue weighted by atomic mass is 14.7. The lowest BCUT2D eigenvalue weighted by atomic mass is 10.5. The van der Waals surface area contributed by atoms with Crippen LogP contribution in [0.5, 0.6) is 0 Å². The first-order valence-corrected chi connectivity index (χ1v) is 2.54. The molecule has 0 heterocycles. The van der Waals surface area contributed by atoms with E-state index in [9.17, 15) is 0 Å². The third-order valence-electron chi connectivity index (χ3n) is 0.546. The van der Waals surface area contributed by atoms with Gasteiger partial charge in [-0.05, 0) is 13.1 Å². The summed E-state index contributed by atoms with van der Waals surface area (Å²) in [6.07, 6.45) is 5.92. The molecule has 0 saturated heterocycles. The van der Waals surface area contributed by atoms with Gasteiger partial charge in [0.25, 0.3) is 0 Å². The molecule has 0 atom stereocenters. The van der Waals surface area contributed by atoms with Crippen molar-refractivity contribution in [2.24, 2.45) is 9.98 Å². The van der Waals surface area contributed by atoms with Gasteiger partial charge in [-0.3, -0.25) is 9.98 Å². The average molecular weight is 110 g/mol. The minimum atomic E-state index is 0.960. The minimum Gasteiger partial charge on any atom is -0.271 e. The molecule has 0 aliphatic rings. The maximum Gasteiger partial charge on any atom is 0.0446 e. The number of aliphatic imine (C=N–C) groups is 2. The Morgan fingerprint density at radius 3 is 2.75 bits per heavy atom. The Hall–Kier alpha value is -0.920. The van der Waals surface area contributed by atoms with Gasteiger partial charge in [0.05, 0.1) is 0 Å². The van der Waals surface area contributed by atoms with E-state index in [4.69, 9.17) is 0 Å². The van der Waals surface area contributed by atoms with Crippen molar-refractivity contribution in [1.29, 1.82) is 0 Å². The van der Waals surface area contributed by atoms with Gasteiger partial charge in [-0.1, -0.05) is 6.92 Å². The molecule has 2 heteroatoms. The predicted octanol–water partition coefficient (Wildman–Crippen LogP) is 1.64. The SMILES string of the molecule is C=N/C=C\N=C/CC. The quantitative estimate of drug-likeness (QED) is 0.493. The molecule has 0 amide bonds. The Bertz CT molecular complexity index is 103. The van der Waals surface area contributed by atoms with E-state index in [1.165, 1.54) is 0 Å². The number of rotatable bonds is 3. The zero-order valence-electron chi connectivity index (χ0n) is 5.04. The fourth-order valence-electron chi connectivity index (χ4n) is 0.252. The highest BCUT2D eigenvalue weighted by molar-refractivity contribution is 5.57. The maximum absolute atomic E-state index is 3.84. The zero-order chi connectivity index (χ0) is 6.24. The van der Waals surface area contributed by atoms with Crippen LogP contribution in [-0.2, 0) is 0 Å². The lowest BCUT2D eigenvalue weighted by molar-refractivity contribution is 1.31. The van der Waals surface area contributed by atoms with Crippen LogP contribution < -0.4 is 0 Å². The summed E-state index contributed by atoms with van der Waals surface area (Å²) in [5, 5.41) is 0. The minimum absolute atomic E-state index is 0.960. The van der Waals surface area contributed by atoms with E-state index in [0.29, 0.717) is 0 Å². The van der Waals surface area contributed by atoms with Crippen molar-refractivity contribution in [3.05, 3.63) is 12.4 Å². The predicted molar refractivity (Wildman–Crippen MR) is 37.5 cm³/mol. The molecule has 0 aromatic rings. The van der Waals surface area contributed by atoms with E-state index in [1.54, 1.807) is 12.4 Å². The standard InChI is InChI=1S/C6H10N2/c1-3-4-8-6-5-7-2/h4-6H,2-3H2,1H3/b6-5-,8-4-. The van der Waals surface area contributed by atoms with E-state index in [1.807, 2.05) is 13.1 Å². The summed E-state index contributed by atoms with van der Waals surface area (Å²) < 4.78 is 0. The lowest BCUT2D eigenvalue weighted by Gasteiger charge is -1.72. The molecule has 0 aliphatic carbocycles. The maximum atomic E-state index is 3.84. The van der Waals surface area contributed by atoms with Crippen molar-refractivity contribution < 1.29 is 0 Å². The number of nitrogens with zero attached hydrogens (tertiary/aromatic N) is 2.